The third kappa shape index (κ3) is 5.33. The fourth-order valence-electron chi connectivity index (χ4n) is 5.07. The molecule has 0 unspecified atom stereocenters. The summed E-state index contributed by atoms with van der Waals surface area (Å²) in [5.74, 6) is 1.73. The molecule has 3 aromatic rings. The van der Waals surface area contributed by atoms with Gasteiger partial charge in [0.15, 0.2) is 0 Å². The molecule has 2 saturated heterocycles. The first-order valence-electron chi connectivity index (χ1n) is 13.1. The highest BCUT2D eigenvalue weighted by atomic mass is 32.2. The summed E-state index contributed by atoms with van der Waals surface area (Å²) < 4.78 is 7.33. The quantitative estimate of drug-likeness (QED) is 0.381. The standard InChI is InChI=1S/C28H35N7O3S/c1-17(29)18(2)39-16-32-26(36)20-8-6-19(7-9-20)22-23-24(30)31-10-12-35(23)25(33-22)21-5-4-11-34(13-21)27(37)28(3)14-38-15-28/h6-10,12,21H,4-5,11,13-16,29H2,1-3H3,(H2,30,31)(H,32,36)/b18-17-/t21-/m1/s1. The minimum atomic E-state index is -0.429. The van der Waals surface area contributed by atoms with Crippen LogP contribution >= 0.6 is 11.8 Å². The van der Waals surface area contributed by atoms with E-state index in [1.807, 2.05) is 48.4 Å². The number of rotatable bonds is 7. The number of likely N-dealkylation sites (tertiary alicyclic amines) is 1. The second kappa shape index (κ2) is 10.9. The van der Waals surface area contributed by atoms with E-state index in [2.05, 4.69) is 10.3 Å². The number of amides is 2. The predicted octanol–water partition coefficient (Wildman–Crippen LogP) is 3.35. The van der Waals surface area contributed by atoms with Crippen molar-refractivity contribution in [3.05, 3.63) is 58.6 Å². The molecule has 5 N–H and O–H groups in total. The van der Waals surface area contributed by atoms with Gasteiger partial charge < -0.3 is 26.4 Å². The number of nitrogens with one attached hydrogen (secondary N) is 1. The summed E-state index contributed by atoms with van der Waals surface area (Å²) in [6.07, 6.45) is 5.37. The fraction of sp³-hybridized carbons (Fsp3) is 0.429. The number of aromatic nitrogens is 3. The van der Waals surface area contributed by atoms with E-state index in [0.29, 0.717) is 42.7 Å². The Balaban J connectivity index is 1.38. The van der Waals surface area contributed by atoms with Crippen molar-refractivity contribution >= 4 is 34.9 Å². The Kier molecular flexibility index (Phi) is 7.55. The number of benzene rings is 1. The van der Waals surface area contributed by atoms with Crippen LogP contribution in [0.15, 0.2) is 47.3 Å². The SMILES string of the molecule is C/C(N)=C(\C)SCNC(=O)c1ccc(-c2nc([C@@H]3CCCN(C(=O)C4(C)COC4)C3)n3ccnc(N)c23)cc1. The number of nitrogens with two attached hydrogens (primary N) is 2. The van der Waals surface area contributed by atoms with Crippen LogP contribution in [0.5, 0.6) is 0 Å². The molecule has 0 spiro atoms. The van der Waals surface area contributed by atoms with Gasteiger partial charge in [-0.05, 0) is 45.7 Å². The van der Waals surface area contributed by atoms with E-state index in [-0.39, 0.29) is 17.7 Å². The van der Waals surface area contributed by atoms with Gasteiger partial charge in [0.2, 0.25) is 5.91 Å². The average molecular weight is 550 g/mol. The number of hydrogen-bond acceptors (Lipinski definition) is 8. The Morgan fingerprint density at radius 3 is 2.64 bits per heavy atom. The molecular weight excluding hydrogens is 514 g/mol. The number of carbonyl (C=O) groups excluding carboxylic acids is 2. The molecule has 2 fully saturated rings. The molecule has 206 valence electrons. The minimum Gasteiger partial charge on any atom is -0.402 e. The molecule has 2 aliphatic heterocycles. The minimum absolute atomic E-state index is 0.0626. The van der Waals surface area contributed by atoms with E-state index >= 15 is 0 Å². The second-order valence-corrected chi connectivity index (χ2v) is 11.8. The van der Waals surface area contributed by atoms with Crippen molar-refractivity contribution in [1.82, 2.24) is 24.6 Å². The van der Waals surface area contributed by atoms with Crippen molar-refractivity contribution in [2.24, 2.45) is 11.1 Å². The van der Waals surface area contributed by atoms with Gasteiger partial charge in [-0.3, -0.25) is 14.0 Å². The predicted molar refractivity (Wildman–Crippen MR) is 153 cm³/mol. The maximum Gasteiger partial charge on any atom is 0.251 e. The Morgan fingerprint density at radius 1 is 1.23 bits per heavy atom. The van der Waals surface area contributed by atoms with E-state index in [1.54, 1.807) is 18.3 Å². The van der Waals surface area contributed by atoms with Gasteiger partial charge in [0.25, 0.3) is 5.91 Å². The maximum absolute atomic E-state index is 13.2. The normalized spacial score (nSPS) is 19.4. The first-order chi connectivity index (χ1) is 18.7. The van der Waals surface area contributed by atoms with Gasteiger partial charge in [-0.25, -0.2) is 9.97 Å². The van der Waals surface area contributed by atoms with Gasteiger partial charge in [0, 0.05) is 53.1 Å². The largest absolute Gasteiger partial charge is 0.402 e. The number of imidazole rings is 1. The number of nitrogens with zero attached hydrogens (tertiary/aromatic N) is 4. The molecule has 2 aromatic heterocycles. The molecule has 39 heavy (non-hydrogen) atoms. The van der Waals surface area contributed by atoms with Crippen LogP contribution in [-0.2, 0) is 9.53 Å². The molecule has 10 nitrogen and oxygen atoms in total. The number of hydrogen-bond donors (Lipinski definition) is 3. The lowest BCUT2D eigenvalue weighted by atomic mass is 9.85. The van der Waals surface area contributed by atoms with Crippen LogP contribution in [0, 0.1) is 5.41 Å². The highest BCUT2D eigenvalue weighted by Crippen LogP contribution is 2.36. The van der Waals surface area contributed by atoms with Crippen molar-refractivity contribution < 1.29 is 14.3 Å². The van der Waals surface area contributed by atoms with Gasteiger partial charge >= 0.3 is 0 Å². The molecule has 4 heterocycles. The van der Waals surface area contributed by atoms with Crippen molar-refractivity contribution in [2.45, 2.75) is 39.5 Å². The summed E-state index contributed by atoms with van der Waals surface area (Å²) in [5, 5.41) is 2.91. The van der Waals surface area contributed by atoms with Crippen LogP contribution in [0.25, 0.3) is 16.8 Å². The summed E-state index contributed by atoms with van der Waals surface area (Å²) >= 11 is 1.49. The van der Waals surface area contributed by atoms with E-state index < -0.39 is 5.41 Å². The lowest BCUT2D eigenvalue weighted by Gasteiger charge is -2.42. The molecular formula is C28H35N7O3S. The number of piperidine rings is 1. The van der Waals surface area contributed by atoms with Crippen LogP contribution in [0.1, 0.15) is 55.7 Å². The summed E-state index contributed by atoms with van der Waals surface area (Å²) in [6, 6.07) is 7.33. The smallest absolute Gasteiger partial charge is 0.251 e. The van der Waals surface area contributed by atoms with Gasteiger partial charge in [-0.1, -0.05) is 12.1 Å². The molecule has 1 atom stereocenters. The van der Waals surface area contributed by atoms with Crippen LogP contribution < -0.4 is 16.8 Å². The Labute approximate surface area is 232 Å². The van der Waals surface area contributed by atoms with Crippen LogP contribution in [0.2, 0.25) is 0 Å². The lowest BCUT2D eigenvalue weighted by Crippen LogP contribution is -2.55. The molecule has 0 aliphatic carbocycles. The Hall–Kier alpha value is -3.57. The van der Waals surface area contributed by atoms with Gasteiger partial charge in [-0.2, -0.15) is 0 Å². The van der Waals surface area contributed by atoms with Crippen LogP contribution in [0.3, 0.4) is 0 Å². The molecule has 1 aromatic carbocycles. The first-order valence-corrected chi connectivity index (χ1v) is 14.1. The van der Waals surface area contributed by atoms with E-state index in [0.717, 1.165) is 46.9 Å². The zero-order chi connectivity index (χ0) is 27.7. The third-order valence-corrected chi connectivity index (χ3v) is 8.58. The Morgan fingerprint density at radius 2 is 1.97 bits per heavy atom. The molecule has 11 heteroatoms. The number of carbonyl (C=O) groups is 2. The van der Waals surface area contributed by atoms with Gasteiger partial charge in [0.1, 0.15) is 22.9 Å². The first kappa shape index (κ1) is 27.0. The van der Waals surface area contributed by atoms with E-state index in [9.17, 15) is 9.59 Å². The monoisotopic (exact) mass is 549 g/mol. The molecule has 2 amide bonds. The van der Waals surface area contributed by atoms with Crippen molar-refractivity contribution in [3.8, 4) is 11.3 Å². The van der Waals surface area contributed by atoms with Crippen molar-refractivity contribution in [3.63, 3.8) is 0 Å². The van der Waals surface area contributed by atoms with Crippen LogP contribution in [-0.4, -0.2) is 63.3 Å². The number of fused-ring (bicyclic) bond motifs is 1. The third-order valence-electron chi connectivity index (χ3n) is 7.54. The van der Waals surface area contributed by atoms with Crippen LogP contribution in [0.4, 0.5) is 5.82 Å². The number of allylic oxidation sites excluding steroid dienone is 2. The molecule has 0 radical (unpaired) electrons. The molecule has 0 saturated carbocycles. The summed E-state index contributed by atoms with van der Waals surface area (Å²) in [7, 11) is 0. The summed E-state index contributed by atoms with van der Waals surface area (Å²) in [6.45, 7) is 8.03. The second-order valence-electron chi connectivity index (χ2n) is 10.6. The van der Waals surface area contributed by atoms with Gasteiger partial charge in [0.05, 0.1) is 24.5 Å². The number of nitrogen functional groups attached to an aromatic ring is 1. The van der Waals surface area contributed by atoms with Crippen molar-refractivity contribution in [1.29, 1.82) is 0 Å². The fourth-order valence-corrected chi connectivity index (χ4v) is 5.71. The highest BCUT2D eigenvalue weighted by Gasteiger charge is 2.44. The maximum atomic E-state index is 13.2. The number of anilines is 1. The van der Waals surface area contributed by atoms with E-state index in [4.69, 9.17) is 21.2 Å². The number of thioether (sulfide) groups is 1. The summed E-state index contributed by atoms with van der Waals surface area (Å²) in [5.41, 5.74) is 15.3. The summed E-state index contributed by atoms with van der Waals surface area (Å²) in [4.78, 5) is 38.1. The molecule has 2 aliphatic rings. The number of ether oxygens (including phenoxy) is 1. The molecule has 5 rings (SSSR count). The molecule has 0 bridgehead atoms. The van der Waals surface area contributed by atoms with Crippen molar-refractivity contribution in [2.75, 3.05) is 37.9 Å². The topological polar surface area (TPSA) is 141 Å². The highest BCUT2D eigenvalue weighted by molar-refractivity contribution is 8.03. The zero-order valence-corrected chi connectivity index (χ0v) is 23.4. The van der Waals surface area contributed by atoms with Gasteiger partial charge in [-0.15, -0.1) is 11.8 Å². The lowest BCUT2D eigenvalue weighted by molar-refractivity contribution is -0.169. The zero-order valence-electron chi connectivity index (χ0n) is 22.6. The average Bonchev–Trinajstić information content (AvgIpc) is 3.32. The Bertz CT molecular complexity index is 1420. The van der Waals surface area contributed by atoms with E-state index in [1.165, 1.54) is 11.8 Å².